The quantitative estimate of drug-likeness (QED) is 0.606. The Morgan fingerprint density at radius 1 is 1.39 bits per heavy atom. The number of aryl methyl sites for hydroxylation is 1. The molecule has 0 aliphatic carbocycles. The van der Waals surface area contributed by atoms with Gasteiger partial charge in [0.1, 0.15) is 6.10 Å². The van der Waals surface area contributed by atoms with Gasteiger partial charge in [0.2, 0.25) is 5.88 Å². The van der Waals surface area contributed by atoms with Crippen LogP contribution in [0.2, 0.25) is 0 Å². The van der Waals surface area contributed by atoms with E-state index in [1.165, 1.54) is 6.07 Å². The van der Waals surface area contributed by atoms with Gasteiger partial charge in [-0.15, -0.1) is 10.2 Å². The Morgan fingerprint density at radius 2 is 2.24 bits per heavy atom. The molecule has 0 saturated carbocycles. The number of fused-ring (bicyclic) bond motifs is 3. The van der Waals surface area contributed by atoms with Gasteiger partial charge in [0.25, 0.3) is 0 Å². The van der Waals surface area contributed by atoms with E-state index in [4.69, 9.17) is 4.74 Å². The monoisotopic (exact) mass is 448 g/mol. The molecule has 9 heteroatoms. The smallest absolute Gasteiger partial charge is 0.232 e. The number of para-hydroxylation sites is 1. The molecule has 0 radical (unpaired) electrons. The van der Waals surface area contributed by atoms with Crippen LogP contribution >= 0.6 is 0 Å². The van der Waals surface area contributed by atoms with Crippen LogP contribution in [0.5, 0.6) is 11.6 Å². The third-order valence-electron chi connectivity index (χ3n) is 6.58. The highest BCUT2D eigenvalue weighted by atomic mass is 19.1. The first-order valence-electron chi connectivity index (χ1n) is 10.9. The number of aromatic hydroxyl groups is 1. The van der Waals surface area contributed by atoms with Gasteiger partial charge in [0.15, 0.2) is 17.4 Å². The summed E-state index contributed by atoms with van der Waals surface area (Å²) < 4.78 is 20.2. The summed E-state index contributed by atoms with van der Waals surface area (Å²) in [4.78, 5) is 11.2. The van der Waals surface area contributed by atoms with Crippen molar-refractivity contribution in [2.75, 3.05) is 23.3 Å². The van der Waals surface area contributed by atoms with Crippen molar-refractivity contribution in [1.29, 1.82) is 0 Å². The lowest BCUT2D eigenvalue weighted by molar-refractivity contribution is 0.200. The third kappa shape index (κ3) is 3.53. The van der Waals surface area contributed by atoms with Gasteiger partial charge in [-0.3, -0.25) is 0 Å². The summed E-state index contributed by atoms with van der Waals surface area (Å²) >= 11 is 0. The van der Waals surface area contributed by atoms with Gasteiger partial charge in [-0.05, 0) is 37.6 Å². The van der Waals surface area contributed by atoms with Gasteiger partial charge >= 0.3 is 0 Å². The van der Waals surface area contributed by atoms with Crippen LogP contribution in [0.3, 0.4) is 0 Å². The van der Waals surface area contributed by atoms with E-state index in [9.17, 15) is 9.50 Å². The number of nitrogens with one attached hydrogen (secondary N) is 1. The van der Waals surface area contributed by atoms with Crippen LogP contribution in [0.1, 0.15) is 31.2 Å². The second kappa shape index (κ2) is 7.99. The van der Waals surface area contributed by atoms with Crippen molar-refractivity contribution in [2.24, 2.45) is 0 Å². The Hall–Kier alpha value is -3.75. The summed E-state index contributed by atoms with van der Waals surface area (Å²) in [6.45, 7) is 9.12. The lowest BCUT2D eigenvalue weighted by atomic mass is 9.90. The fourth-order valence-corrected chi connectivity index (χ4v) is 4.77. The predicted octanol–water partition coefficient (Wildman–Crippen LogP) is 3.96. The second-order valence-electron chi connectivity index (χ2n) is 8.47. The van der Waals surface area contributed by atoms with Crippen molar-refractivity contribution in [3.05, 3.63) is 54.2 Å². The van der Waals surface area contributed by atoms with E-state index in [-0.39, 0.29) is 11.6 Å². The SMILES string of the molecule is C=Cc1ncc(O[C@H]2CN3c4cc(-c5cccc(F)c5O)nnc4NC[C@@]3(CC)C2)nc1C. The number of benzene rings is 1. The van der Waals surface area contributed by atoms with Crippen LogP contribution in [-0.2, 0) is 0 Å². The molecule has 1 saturated heterocycles. The minimum absolute atomic E-state index is 0.0971. The Morgan fingerprint density at radius 3 is 3.00 bits per heavy atom. The molecule has 2 atom stereocenters. The summed E-state index contributed by atoms with van der Waals surface area (Å²) in [6.07, 6.45) is 4.89. The Labute approximate surface area is 191 Å². The van der Waals surface area contributed by atoms with Gasteiger partial charge in [0, 0.05) is 18.5 Å². The first-order valence-corrected chi connectivity index (χ1v) is 10.9. The number of hydrogen-bond donors (Lipinski definition) is 2. The maximum atomic E-state index is 13.9. The minimum atomic E-state index is -0.693. The molecule has 2 aromatic heterocycles. The van der Waals surface area contributed by atoms with Crippen LogP contribution in [0.25, 0.3) is 17.3 Å². The molecule has 0 spiro atoms. The number of hydrogen-bond acceptors (Lipinski definition) is 8. The Balaban J connectivity index is 1.47. The number of phenolic OH excluding ortho intramolecular Hbond substituents is 1. The number of nitrogens with zero attached hydrogens (tertiary/aromatic N) is 5. The number of phenols is 1. The molecule has 33 heavy (non-hydrogen) atoms. The Bertz CT molecular complexity index is 1240. The number of aromatic nitrogens is 4. The lowest BCUT2D eigenvalue weighted by Crippen LogP contribution is -2.52. The van der Waals surface area contributed by atoms with Crippen molar-refractivity contribution in [1.82, 2.24) is 20.2 Å². The van der Waals surface area contributed by atoms with Crippen molar-refractivity contribution < 1.29 is 14.2 Å². The number of ether oxygens (including phenoxy) is 1. The molecule has 2 N–H and O–H groups in total. The Kier molecular flexibility index (Phi) is 5.11. The molecule has 170 valence electrons. The topological polar surface area (TPSA) is 96.3 Å². The first kappa shape index (κ1) is 21.1. The maximum absolute atomic E-state index is 13.9. The standard InChI is InChI=1S/C24H25FN6O2/c1-4-18-14(3)28-21(11-26-18)33-15-10-24(5-2)13-27-23-20(31(24)12-15)9-19(29-30-23)16-7-6-8-17(25)22(16)32/h4,6-9,11,15,32H,1,5,10,12-13H2,2-3H3,(H,27,30)/t15-,24-/m1/s1. The molecule has 2 aliphatic heterocycles. The average Bonchev–Trinajstić information content (AvgIpc) is 3.20. The van der Waals surface area contributed by atoms with Crippen LogP contribution in [-0.4, -0.2) is 50.0 Å². The number of rotatable bonds is 5. The van der Waals surface area contributed by atoms with E-state index >= 15 is 0 Å². The average molecular weight is 449 g/mol. The van der Waals surface area contributed by atoms with Crippen LogP contribution in [0, 0.1) is 12.7 Å². The summed E-state index contributed by atoms with van der Waals surface area (Å²) in [5.41, 5.74) is 2.90. The molecule has 0 unspecified atom stereocenters. The largest absolute Gasteiger partial charge is 0.504 e. The molecule has 8 nitrogen and oxygen atoms in total. The first-order chi connectivity index (χ1) is 15.9. The van der Waals surface area contributed by atoms with Gasteiger partial charge in [-0.2, -0.15) is 0 Å². The third-order valence-corrected chi connectivity index (χ3v) is 6.58. The van der Waals surface area contributed by atoms with Gasteiger partial charge < -0.3 is 20.1 Å². The molecule has 3 aromatic rings. The van der Waals surface area contributed by atoms with Crippen LogP contribution in [0.4, 0.5) is 15.9 Å². The maximum Gasteiger partial charge on any atom is 0.232 e. The van der Waals surface area contributed by atoms with Gasteiger partial charge in [-0.1, -0.05) is 19.6 Å². The molecule has 2 aliphatic rings. The zero-order valence-corrected chi connectivity index (χ0v) is 18.5. The van der Waals surface area contributed by atoms with Gasteiger partial charge in [0.05, 0.1) is 41.0 Å². The summed E-state index contributed by atoms with van der Waals surface area (Å²) in [7, 11) is 0. The normalized spacial score (nSPS) is 21.2. The molecular formula is C24H25FN6O2. The predicted molar refractivity (Wildman–Crippen MR) is 124 cm³/mol. The zero-order chi connectivity index (χ0) is 23.2. The lowest BCUT2D eigenvalue weighted by Gasteiger charge is -2.43. The highest BCUT2D eigenvalue weighted by Crippen LogP contribution is 2.45. The molecule has 1 aromatic carbocycles. The van der Waals surface area contributed by atoms with Crippen molar-refractivity contribution >= 4 is 17.6 Å². The van der Waals surface area contributed by atoms with E-state index < -0.39 is 11.6 Å². The van der Waals surface area contributed by atoms with Crippen LogP contribution < -0.4 is 15.0 Å². The molecular weight excluding hydrogens is 423 g/mol. The van der Waals surface area contributed by atoms with Crippen molar-refractivity contribution in [2.45, 2.75) is 38.3 Å². The van der Waals surface area contributed by atoms with Crippen molar-refractivity contribution in [3.8, 4) is 22.9 Å². The van der Waals surface area contributed by atoms with Gasteiger partial charge in [-0.25, -0.2) is 14.4 Å². The highest BCUT2D eigenvalue weighted by Gasteiger charge is 2.49. The van der Waals surface area contributed by atoms with E-state index in [0.717, 1.165) is 29.9 Å². The molecule has 0 bridgehead atoms. The summed E-state index contributed by atoms with van der Waals surface area (Å²) in [5.74, 6) is 0.0179. The fourth-order valence-electron chi connectivity index (χ4n) is 4.77. The second-order valence-corrected chi connectivity index (χ2v) is 8.47. The van der Waals surface area contributed by atoms with Crippen molar-refractivity contribution in [3.63, 3.8) is 0 Å². The minimum Gasteiger partial charge on any atom is -0.504 e. The van der Waals surface area contributed by atoms with Crippen LogP contribution in [0.15, 0.2) is 37.0 Å². The molecule has 4 heterocycles. The summed E-state index contributed by atoms with van der Waals surface area (Å²) in [6, 6.07) is 6.23. The van der Waals surface area contributed by atoms with E-state index in [1.807, 2.05) is 13.0 Å². The fraction of sp³-hybridized carbons (Fsp3) is 0.333. The van der Waals surface area contributed by atoms with E-state index in [2.05, 4.69) is 43.9 Å². The number of halogens is 1. The zero-order valence-electron chi connectivity index (χ0n) is 18.5. The molecule has 0 amide bonds. The molecule has 1 fully saturated rings. The highest BCUT2D eigenvalue weighted by molar-refractivity contribution is 5.77. The number of anilines is 2. The summed E-state index contributed by atoms with van der Waals surface area (Å²) in [5, 5.41) is 22.1. The van der Waals surface area contributed by atoms with E-state index in [0.29, 0.717) is 36.0 Å². The van der Waals surface area contributed by atoms with E-state index in [1.54, 1.807) is 24.4 Å². The molecule has 5 rings (SSSR count).